The number of halogens is 1. The minimum Gasteiger partial charge on any atom is -0.317 e. The van der Waals surface area contributed by atoms with Crippen LogP contribution in [0.2, 0.25) is 0 Å². The fourth-order valence-corrected chi connectivity index (χ4v) is 2.70. The van der Waals surface area contributed by atoms with Crippen molar-refractivity contribution in [2.24, 2.45) is 17.8 Å². The predicted octanol–water partition coefficient (Wildman–Crippen LogP) is 2.54. The normalized spacial score (nSPS) is 40.0. The van der Waals surface area contributed by atoms with E-state index in [4.69, 9.17) is 0 Å². The Morgan fingerprint density at radius 1 is 1.21 bits per heavy atom. The highest BCUT2D eigenvalue weighted by molar-refractivity contribution is 5.03. The zero-order valence-electron chi connectivity index (χ0n) is 8.88. The third-order valence-electron chi connectivity index (χ3n) is 3.72. The van der Waals surface area contributed by atoms with Crippen LogP contribution >= 0.6 is 0 Å². The first-order chi connectivity index (χ1) is 6.77. The molecule has 14 heavy (non-hydrogen) atoms. The van der Waals surface area contributed by atoms with E-state index in [0.29, 0.717) is 5.92 Å². The number of rotatable bonds is 1. The van der Waals surface area contributed by atoms with Gasteiger partial charge in [-0.25, -0.2) is 4.39 Å². The third-order valence-corrected chi connectivity index (χ3v) is 3.72. The van der Waals surface area contributed by atoms with Gasteiger partial charge in [-0.15, -0.1) is 0 Å². The number of allylic oxidation sites excluding steroid dienone is 2. The zero-order chi connectivity index (χ0) is 9.97. The Morgan fingerprint density at radius 3 is 2.57 bits per heavy atom. The van der Waals surface area contributed by atoms with Crippen molar-refractivity contribution >= 4 is 0 Å². The van der Waals surface area contributed by atoms with E-state index >= 15 is 0 Å². The lowest BCUT2D eigenvalue weighted by molar-refractivity contribution is 0.198. The van der Waals surface area contributed by atoms with Crippen LogP contribution in [-0.4, -0.2) is 19.3 Å². The number of nitrogens with one attached hydrogen (secondary N) is 1. The topological polar surface area (TPSA) is 12.0 Å². The quantitative estimate of drug-likeness (QED) is 0.637. The third kappa shape index (κ3) is 2.17. The highest BCUT2D eigenvalue weighted by atomic mass is 19.1. The molecule has 0 aromatic rings. The second-order valence-corrected chi connectivity index (χ2v) is 4.79. The van der Waals surface area contributed by atoms with Crippen molar-refractivity contribution in [1.29, 1.82) is 0 Å². The van der Waals surface area contributed by atoms with E-state index in [1.807, 2.05) is 6.92 Å². The molecule has 0 saturated carbocycles. The van der Waals surface area contributed by atoms with Crippen LogP contribution in [-0.2, 0) is 0 Å². The van der Waals surface area contributed by atoms with Gasteiger partial charge in [-0.05, 0) is 50.1 Å². The van der Waals surface area contributed by atoms with E-state index in [1.165, 1.54) is 12.8 Å². The van der Waals surface area contributed by atoms with Gasteiger partial charge in [-0.3, -0.25) is 0 Å². The fraction of sp³-hybridized carbons (Fsp3) is 0.833. The molecule has 80 valence electrons. The monoisotopic (exact) mass is 197 g/mol. The molecule has 1 saturated heterocycles. The molecule has 0 bridgehead atoms. The predicted molar refractivity (Wildman–Crippen MR) is 56.9 cm³/mol. The molecule has 1 heterocycles. The molecule has 1 fully saturated rings. The Bertz CT molecular complexity index is 208. The van der Waals surface area contributed by atoms with Crippen LogP contribution in [0.4, 0.5) is 4.39 Å². The van der Waals surface area contributed by atoms with E-state index in [2.05, 4.69) is 11.4 Å². The van der Waals surface area contributed by atoms with Crippen molar-refractivity contribution in [3.05, 3.63) is 12.2 Å². The first-order valence-electron chi connectivity index (χ1n) is 5.80. The van der Waals surface area contributed by atoms with Crippen LogP contribution in [0.25, 0.3) is 0 Å². The Kier molecular flexibility index (Phi) is 3.22. The van der Waals surface area contributed by atoms with Gasteiger partial charge in [0.15, 0.2) is 0 Å². The molecule has 1 nitrogen and oxygen atoms in total. The molecular weight excluding hydrogens is 177 g/mol. The maximum atomic E-state index is 13.2. The second kappa shape index (κ2) is 4.43. The molecule has 1 aliphatic carbocycles. The van der Waals surface area contributed by atoms with Crippen molar-refractivity contribution in [2.75, 3.05) is 13.1 Å². The highest BCUT2D eigenvalue weighted by Gasteiger charge is 2.28. The summed E-state index contributed by atoms with van der Waals surface area (Å²) in [6, 6.07) is 0. The van der Waals surface area contributed by atoms with Crippen molar-refractivity contribution in [3.8, 4) is 0 Å². The maximum absolute atomic E-state index is 13.2. The average Bonchev–Trinajstić information content (AvgIpc) is 2.23. The largest absolute Gasteiger partial charge is 0.317 e. The lowest BCUT2D eigenvalue weighted by Gasteiger charge is -2.33. The van der Waals surface area contributed by atoms with Crippen LogP contribution < -0.4 is 5.32 Å². The van der Waals surface area contributed by atoms with E-state index in [-0.39, 0.29) is 5.92 Å². The number of hydrogen-bond donors (Lipinski definition) is 1. The van der Waals surface area contributed by atoms with Crippen molar-refractivity contribution < 1.29 is 4.39 Å². The maximum Gasteiger partial charge on any atom is 0.121 e. The summed E-state index contributed by atoms with van der Waals surface area (Å²) in [7, 11) is 0. The summed E-state index contributed by atoms with van der Waals surface area (Å²) in [5, 5.41) is 3.38. The van der Waals surface area contributed by atoms with Crippen molar-refractivity contribution in [1.82, 2.24) is 5.32 Å². The Morgan fingerprint density at radius 2 is 1.93 bits per heavy atom. The molecular formula is C12H20FN. The Labute approximate surface area is 85.8 Å². The van der Waals surface area contributed by atoms with Crippen LogP contribution in [0, 0.1) is 17.8 Å². The van der Waals surface area contributed by atoms with Gasteiger partial charge >= 0.3 is 0 Å². The summed E-state index contributed by atoms with van der Waals surface area (Å²) in [6.45, 7) is 4.31. The highest BCUT2D eigenvalue weighted by Crippen LogP contribution is 2.34. The molecule has 1 aliphatic heterocycles. The first kappa shape index (κ1) is 10.2. The first-order valence-corrected chi connectivity index (χ1v) is 5.80. The van der Waals surface area contributed by atoms with Gasteiger partial charge in [0.2, 0.25) is 0 Å². The lowest BCUT2D eigenvalue weighted by atomic mass is 9.76. The van der Waals surface area contributed by atoms with Gasteiger partial charge in [-0.1, -0.05) is 19.1 Å². The molecule has 0 spiro atoms. The van der Waals surface area contributed by atoms with Gasteiger partial charge < -0.3 is 5.32 Å². The van der Waals surface area contributed by atoms with Gasteiger partial charge in [0.1, 0.15) is 6.17 Å². The molecule has 1 N–H and O–H groups in total. The summed E-state index contributed by atoms with van der Waals surface area (Å²) in [5.74, 6) is 1.65. The Balaban J connectivity index is 1.94. The summed E-state index contributed by atoms with van der Waals surface area (Å²) in [4.78, 5) is 0. The summed E-state index contributed by atoms with van der Waals surface area (Å²) in [6.07, 6.45) is 6.77. The molecule has 2 aliphatic rings. The molecule has 3 atom stereocenters. The Hall–Kier alpha value is -0.370. The average molecular weight is 197 g/mol. The van der Waals surface area contributed by atoms with Gasteiger partial charge in [-0.2, -0.15) is 0 Å². The summed E-state index contributed by atoms with van der Waals surface area (Å²) in [5.41, 5.74) is 0. The van der Waals surface area contributed by atoms with Gasteiger partial charge in [0, 0.05) is 0 Å². The molecule has 2 heteroatoms. The minimum absolute atomic E-state index is 0.222. The van der Waals surface area contributed by atoms with E-state index < -0.39 is 6.17 Å². The van der Waals surface area contributed by atoms with Crippen LogP contribution in [0.5, 0.6) is 0 Å². The number of hydrogen-bond acceptors (Lipinski definition) is 1. The standard InChI is InChI=1S/C12H20FN/c1-9-8-11(2-3-12(9)13)10-4-6-14-7-5-10/h2-3,9-12,14H,4-8H2,1H3. The van der Waals surface area contributed by atoms with E-state index in [1.54, 1.807) is 6.08 Å². The molecule has 0 radical (unpaired) electrons. The fourth-order valence-electron chi connectivity index (χ4n) is 2.70. The minimum atomic E-state index is -0.701. The van der Waals surface area contributed by atoms with E-state index in [9.17, 15) is 4.39 Å². The molecule has 3 unspecified atom stereocenters. The second-order valence-electron chi connectivity index (χ2n) is 4.79. The zero-order valence-corrected chi connectivity index (χ0v) is 8.88. The lowest BCUT2D eigenvalue weighted by Crippen LogP contribution is -2.33. The van der Waals surface area contributed by atoms with Crippen molar-refractivity contribution in [3.63, 3.8) is 0 Å². The summed E-state index contributed by atoms with van der Waals surface area (Å²) < 4.78 is 13.2. The molecule has 0 amide bonds. The summed E-state index contributed by atoms with van der Waals surface area (Å²) >= 11 is 0. The van der Waals surface area contributed by atoms with Gasteiger partial charge in [0.25, 0.3) is 0 Å². The van der Waals surface area contributed by atoms with E-state index in [0.717, 1.165) is 25.4 Å². The molecule has 2 rings (SSSR count). The van der Waals surface area contributed by atoms with Crippen LogP contribution in [0.15, 0.2) is 12.2 Å². The SMILES string of the molecule is CC1CC(C2CCNCC2)C=CC1F. The van der Waals surface area contributed by atoms with Crippen LogP contribution in [0.3, 0.4) is 0 Å². The van der Waals surface area contributed by atoms with Crippen molar-refractivity contribution in [2.45, 2.75) is 32.4 Å². The van der Waals surface area contributed by atoms with Gasteiger partial charge in [0.05, 0.1) is 0 Å². The number of alkyl halides is 1. The molecule has 0 aromatic heterocycles. The van der Waals surface area contributed by atoms with Crippen LogP contribution in [0.1, 0.15) is 26.2 Å². The number of piperidine rings is 1. The smallest absolute Gasteiger partial charge is 0.121 e. The molecule has 0 aromatic carbocycles.